The topological polar surface area (TPSA) is 37.9 Å². The van der Waals surface area contributed by atoms with E-state index in [9.17, 15) is 0 Å². The molecule has 2 rings (SSSR count). The van der Waals surface area contributed by atoms with Gasteiger partial charge in [-0.05, 0) is 18.6 Å². The van der Waals surface area contributed by atoms with Crippen molar-refractivity contribution in [3.8, 4) is 17.0 Å². The minimum absolute atomic E-state index is 0.657. The van der Waals surface area contributed by atoms with E-state index in [1.54, 1.807) is 13.4 Å². The molecule has 88 valence electrons. The van der Waals surface area contributed by atoms with Gasteiger partial charge in [-0.3, -0.25) is 0 Å². The van der Waals surface area contributed by atoms with Crippen LogP contribution in [0.2, 0.25) is 0 Å². The van der Waals surface area contributed by atoms with Crippen molar-refractivity contribution in [2.24, 2.45) is 0 Å². The fourth-order valence-electron chi connectivity index (χ4n) is 1.79. The van der Waals surface area contributed by atoms with Crippen molar-refractivity contribution < 1.29 is 4.74 Å². The lowest BCUT2D eigenvalue weighted by Gasteiger charge is -2.08. The Kier molecular flexibility index (Phi) is 3.54. The molecule has 4 heteroatoms. The molecule has 0 saturated heterocycles. The van der Waals surface area contributed by atoms with Crippen LogP contribution < -0.4 is 4.74 Å². The van der Waals surface area contributed by atoms with E-state index in [0.29, 0.717) is 4.64 Å². The van der Waals surface area contributed by atoms with Crippen LogP contribution in [0.1, 0.15) is 12.5 Å². The average molecular weight is 246 g/mol. The molecule has 0 atom stereocenters. The summed E-state index contributed by atoms with van der Waals surface area (Å²) in [6.45, 7) is 2.07. The van der Waals surface area contributed by atoms with E-state index >= 15 is 0 Å². The highest BCUT2D eigenvalue weighted by Gasteiger charge is 2.07. The highest BCUT2D eigenvalue weighted by molar-refractivity contribution is 7.71. The molecule has 1 heterocycles. The highest BCUT2D eigenvalue weighted by atomic mass is 32.1. The Morgan fingerprint density at radius 3 is 2.94 bits per heavy atom. The number of nitrogens with zero attached hydrogens (tertiary/aromatic N) is 1. The molecule has 1 aromatic carbocycles. The number of aromatic nitrogens is 2. The number of ether oxygens (including phenoxy) is 1. The first-order valence-corrected chi connectivity index (χ1v) is 5.88. The number of rotatable bonds is 3. The van der Waals surface area contributed by atoms with Gasteiger partial charge in [0.15, 0.2) is 0 Å². The molecule has 0 aliphatic heterocycles. The molecule has 2 aromatic rings. The molecular weight excluding hydrogens is 232 g/mol. The predicted molar refractivity (Wildman–Crippen MR) is 70.8 cm³/mol. The van der Waals surface area contributed by atoms with Gasteiger partial charge in [-0.1, -0.05) is 31.3 Å². The molecule has 3 nitrogen and oxygen atoms in total. The smallest absolute Gasteiger partial charge is 0.133 e. The number of methoxy groups -OCH3 is 1. The largest absolute Gasteiger partial charge is 0.497 e. The van der Waals surface area contributed by atoms with Gasteiger partial charge in [-0.15, -0.1) is 0 Å². The highest BCUT2D eigenvalue weighted by Crippen LogP contribution is 2.25. The average Bonchev–Trinajstić information content (AvgIpc) is 2.38. The molecule has 0 fully saturated rings. The van der Waals surface area contributed by atoms with E-state index in [0.717, 1.165) is 29.0 Å². The first-order valence-electron chi connectivity index (χ1n) is 5.47. The molecular formula is C13H14N2OS. The monoisotopic (exact) mass is 246 g/mol. The summed E-state index contributed by atoms with van der Waals surface area (Å²) in [6.07, 6.45) is 2.49. The van der Waals surface area contributed by atoms with Crippen molar-refractivity contribution in [3.05, 3.63) is 40.8 Å². The maximum absolute atomic E-state index is 5.24. The van der Waals surface area contributed by atoms with Gasteiger partial charge >= 0.3 is 0 Å². The van der Waals surface area contributed by atoms with Crippen LogP contribution >= 0.6 is 12.2 Å². The predicted octanol–water partition coefficient (Wildman–Crippen LogP) is 3.38. The van der Waals surface area contributed by atoms with Crippen molar-refractivity contribution >= 4 is 12.2 Å². The molecule has 0 aliphatic rings. The van der Waals surface area contributed by atoms with Crippen LogP contribution in [-0.2, 0) is 6.42 Å². The normalized spacial score (nSPS) is 10.2. The van der Waals surface area contributed by atoms with E-state index in [-0.39, 0.29) is 0 Å². The van der Waals surface area contributed by atoms with E-state index in [1.165, 1.54) is 0 Å². The second-order valence-corrected chi connectivity index (χ2v) is 4.03. The van der Waals surface area contributed by atoms with Gasteiger partial charge in [0.1, 0.15) is 10.4 Å². The maximum atomic E-state index is 5.24. The Morgan fingerprint density at radius 2 is 2.24 bits per heavy atom. The van der Waals surface area contributed by atoms with Crippen molar-refractivity contribution in [2.75, 3.05) is 7.11 Å². The van der Waals surface area contributed by atoms with Crippen LogP contribution in [0.25, 0.3) is 11.3 Å². The molecule has 0 amide bonds. The summed E-state index contributed by atoms with van der Waals surface area (Å²) < 4.78 is 5.88. The fourth-order valence-corrected chi connectivity index (χ4v) is 2.09. The summed E-state index contributed by atoms with van der Waals surface area (Å²) >= 11 is 5.24. The lowest BCUT2D eigenvalue weighted by molar-refractivity contribution is 0.415. The summed E-state index contributed by atoms with van der Waals surface area (Å²) in [5, 5.41) is 0. The van der Waals surface area contributed by atoms with E-state index in [4.69, 9.17) is 17.0 Å². The van der Waals surface area contributed by atoms with Gasteiger partial charge in [-0.25, -0.2) is 4.98 Å². The number of hydrogen-bond donors (Lipinski definition) is 1. The van der Waals surface area contributed by atoms with Gasteiger partial charge in [0.05, 0.1) is 19.1 Å². The summed E-state index contributed by atoms with van der Waals surface area (Å²) in [7, 11) is 1.66. The Labute approximate surface area is 105 Å². The SMILES string of the molecule is CCc1c(-c2cccc(OC)c2)[nH]cnc1=S. The number of nitrogens with one attached hydrogen (secondary N) is 1. The zero-order valence-electron chi connectivity index (χ0n) is 9.86. The molecule has 1 aromatic heterocycles. The molecule has 0 radical (unpaired) electrons. The lowest BCUT2D eigenvalue weighted by Crippen LogP contribution is -1.95. The number of benzene rings is 1. The Bertz CT molecular complexity index is 578. The molecule has 17 heavy (non-hydrogen) atoms. The standard InChI is InChI=1S/C13H14N2OS/c1-3-11-12(14-8-15-13(11)17)9-5-4-6-10(7-9)16-2/h4-8H,3H2,1-2H3,(H,14,15,17). The van der Waals surface area contributed by atoms with Crippen LogP contribution in [-0.4, -0.2) is 17.1 Å². The van der Waals surface area contributed by atoms with Crippen LogP contribution in [0, 0.1) is 4.64 Å². The van der Waals surface area contributed by atoms with Gasteiger partial charge in [0, 0.05) is 11.1 Å². The van der Waals surface area contributed by atoms with Gasteiger partial charge in [0.2, 0.25) is 0 Å². The zero-order valence-corrected chi connectivity index (χ0v) is 10.7. The third kappa shape index (κ3) is 2.36. The summed E-state index contributed by atoms with van der Waals surface area (Å²) in [6, 6.07) is 7.90. The summed E-state index contributed by atoms with van der Waals surface area (Å²) in [5.41, 5.74) is 3.15. The van der Waals surface area contributed by atoms with Crippen LogP contribution in [0.15, 0.2) is 30.6 Å². The van der Waals surface area contributed by atoms with Crippen molar-refractivity contribution in [2.45, 2.75) is 13.3 Å². The third-order valence-corrected chi connectivity index (χ3v) is 3.01. The maximum Gasteiger partial charge on any atom is 0.133 e. The third-order valence-electron chi connectivity index (χ3n) is 2.66. The van der Waals surface area contributed by atoms with E-state index < -0.39 is 0 Å². The van der Waals surface area contributed by atoms with Gasteiger partial charge in [-0.2, -0.15) is 0 Å². The first kappa shape index (κ1) is 11.8. The summed E-state index contributed by atoms with van der Waals surface area (Å²) in [5.74, 6) is 0.834. The zero-order chi connectivity index (χ0) is 12.3. The van der Waals surface area contributed by atoms with Crippen LogP contribution in [0.4, 0.5) is 0 Å². The Morgan fingerprint density at radius 1 is 1.41 bits per heavy atom. The minimum Gasteiger partial charge on any atom is -0.497 e. The molecule has 0 unspecified atom stereocenters. The van der Waals surface area contributed by atoms with Crippen LogP contribution in [0.3, 0.4) is 0 Å². The molecule has 0 bridgehead atoms. The van der Waals surface area contributed by atoms with Crippen molar-refractivity contribution in [1.29, 1.82) is 0 Å². The van der Waals surface area contributed by atoms with Gasteiger partial charge in [0.25, 0.3) is 0 Å². The minimum atomic E-state index is 0.657. The van der Waals surface area contributed by atoms with Crippen molar-refractivity contribution in [1.82, 2.24) is 9.97 Å². The first-order chi connectivity index (χ1) is 8.26. The number of hydrogen-bond acceptors (Lipinski definition) is 3. The fraction of sp³-hybridized carbons (Fsp3) is 0.231. The molecule has 0 spiro atoms. The molecule has 0 saturated carbocycles. The molecule has 1 N–H and O–H groups in total. The summed E-state index contributed by atoms with van der Waals surface area (Å²) in [4.78, 5) is 7.27. The van der Waals surface area contributed by atoms with E-state index in [2.05, 4.69) is 16.9 Å². The lowest BCUT2D eigenvalue weighted by atomic mass is 10.1. The Hall–Kier alpha value is -1.68. The van der Waals surface area contributed by atoms with Gasteiger partial charge < -0.3 is 9.72 Å². The van der Waals surface area contributed by atoms with E-state index in [1.807, 2.05) is 24.3 Å². The second kappa shape index (κ2) is 5.10. The quantitative estimate of drug-likeness (QED) is 0.844. The Balaban J connectivity index is 2.59. The van der Waals surface area contributed by atoms with Crippen LogP contribution in [0.5, 0.6) is 5.75 Å². The molecule has 0 aliphatic carbocycles. The number of H-pyrrole nitrogens is 1. The van der Waals surface area contributed by atoms with Crippen molar-refractivity contribution in [3.63, 3.8) is 0 Å². The number of aromatic amines is 1. The second-order valence-electron chi connectivity index (χ2n) is 3.65.